The molecule has 0 amide bonds. The molecule has 0 saturated carbocycles. The molecule has 0 bridgehead atoms. The lowest BCUT2D eigenvalue weighted by Crippen LogP contribution is -2.13. The molecule has 6 aromatic rings. The zero-order valence-electron chi connectivity index (χ0n) is 27.8. The molecule has 1 atom stereocenters. The highest BCUT2D eigenvalue weighted by Gasteiger charge is 2.10. The van der Waals surface area contributed by atoms with Crippen molar-refractivity contribution in [2.24, 2.45) is 30.7 Å². The molecular weight excluding hydrogens is 615 g/mol. The van der Waals surface area contributed by atoms with E-state index in [1.807, 2.05) is 73.7 Å². The van der Waals surface area contributed by atoms with Gasteiger partial charge < -0.3 is 5.32 Å². The van der Waals surface area contributed by atoms with Crippen LogP contribution in [0.1, 0.15) is 57.0 Å². The number of fused-ring (bicyclic) bond motifs is 2. The quantitative estimate of drug-likeness (QED) is 0.0988. The highest BCUT2D eigenvalue weighted by Crippen LogP contribution is 2.38. The molecule has 1 N–H and O–H groups in total. The van der Waals surface area contributed by atoms with Gasteiger partial charge in [0.2, 0.25) is 0 Å². The van der Waals surface area contributed by atoms with Crippen LogP contribution in [0.15, 0.2) is 122 Å². The van der Waals surface area contributed by atoms with E-state index in [9.17, 15) is 0 Å². The molecule has 48 heavy (non-hydrogen) atoms. The Morgan fingerprint density at radius 3 is 1.88 bits per heavy atom. The first kappa shape index (κ1) is 32.7. The van der Waals surface area contributed by atoms with Gasteiger partial charge in [0.15, 0.2) is 0 Å². The van der Waals surface area contributed by atoms with E-state index in [1.54, 1.807) is 0 Å². The fraction of sp³-hybridized carbons (Fsp3) is 0.263. The van der Waals surface area contributed by atoms with Gasteiger partial charge in [0.05, 0.1) is 28.4 Å². The molecule has 9 nitrogen and oxygen atoms in total. The van der Waals surface area contributed by atoms with Gasteiger partial charge in [0, 0.05) is 39.7 Å². The van der Waals surface area contributed by atoms with Gasteiger partial charge in [-0.15, -0.1) is 35.8 Å². The molecule has 0 fully saturated rings. The van der Waals surface area contributed by atoms with Gasteiger partial charge in [-0.3, -0.25) is 0 Å². The molecule has 0 saturated heterocycles. The van der Waals surface area contributed by atoms with Crippen LogP contribution in [0.25, 0.3) is 21.5 Å². The molecule has 0 aliphatic carbocycles. The van der Waals surface area contributed by atoms with Crippen LogP contribution in [0, 0.1) is 6.92 Å². The molecule has 1 unspecified atom stereocenters. The average Bonchev–Trinajstić information content (AvgIpc) is 3.57. The lowest BCUT2D eigenvalue weighted by molar-refractivity contribution is 0.710. The first-order valence-corrected chi connectivity index (χ1v) is 17.3. The van der Waals surface area contributed by atoms with Crippen LogP contribution in [0.4, 0.5) is 39.3 Å². The van der Waals surface area contributed by atoms with Crippen molar-refractivity contribution in [2.45, 2.75) is 65.8 Å². The van der Waals surface area contributed by atoms with E-state index in [2.05, 4.69) is 81.0 Å². The minimum Gasteiger partial charge on any atom is -0.382 e. The second-order valence-electron chi connectivity index (χ2n) is 11.8. The summed E-state index contributed by atoms with van der Waals surface area (Å²) in [6, 6.07) is 30.5. The van der Waals surface area contributed by atoms with Gasteiger partial charge in [-0.05, 0) is 74.7 Å². The Morgan fingerprint density at radius 1 is 0.646 bits per heavy atom. The Morgan fingerprint density at radius 2 is 1.23 bits per heavy atom. The zero-order chi connectivity index (χ0) is 33.3. The van der Waals surface area contributed by atoms with E-state index in [0.29, 0.717) is 11.2 Å². The monoisotopic (exact) mass is 653 g/mol. The van der Waals surface area contributed by atoms with E-state index in [4.69, 9.17) is 10.2 Å². The summed E-state index contributed by atoms with van der Waals surface area (Å²) >= 11 is 1.49. The van der Waals surface area contributed by atoms with Crippen molar-refractivity contribution in [3.05, 3.63) is 102 Å². The molecule has 0 radical (unpaired) electrons. The summed E-state index contributed by atoms with van der Waals surface area (Å²) in [6.45, 7) is 8.55. The van der Waals surface area contributed by atoms with Gasteiger partial charge >= 0.3 is 0 Å². The minimum atomic E-state index is 0.378. The predicted octanol–water partition coefficient (Wildman–Crippen LogP) is 13.3. The molecule has 6 rings (SSSR count). The van der Waals surface area contributed by atoms with Gasteiger partial charge in [0.1, 0.15) is 5.01 Å². The largest absolute Gasteiger partial charge is 0.382 e. The van der Waals surface area contributed by atoms with Gasteiger partial charge in [-0.25, -0.2) is 0 Å². The number of hydrogen-bond acceptors (Lipinski definition) is 10. The molecule has 0 aliphatic rings. The normalized spacial score (nSPS) is 12.7. The summed E-state index contributed by atoms with van der Waals surface area (Å²) < 4.78 is 0. The fourth-order valence-electron chi connectivity index (χ4n) is 5.35. The number of hydrogen-bond donors (Lipinski definition) is 1. The van der Waals surface area contributed by atoms with E-state index >= 15 is 0 Å². The van der Waals surface area contributed by atoms with Crippen molar-refractivity contribution >= 4 is 72.1 Å². The second-order valence-corrected chi connectivity index (χ2v) is 12.8. The Bertz CT molecular complexity index is 2120. The summed E-state index contributed by atoms with van der Waals surface area (Å²) in [5.41, 5.74) is 5.87. The maximum atomic E-state index is 4.71. The van der Waals surface area contributed by atoms with Crippen LogP contribution in [0.5, 0.6) is 0 Å². The number of aryl methyl sites for hydroxylation is 2. The molecule has 10 heteroatoms. The minimum absolute atomic E-state index is 0.378. The standard InChI is InChI=1S/C38H39N9S/c1-5-7-8-17-37-45-47-38(48-37)46-41-32-19-18-27(24-25(32)3)40-42-34-22-23-36(31-16-12-11-15-30(31)34)44-43-35-21-20-33(39-26(4)6-2)28-13-9-10-14-29(28)35/h9-16,18-24,26,39H,5-8,17H2,1-4H3. The number of anilines is 1. The van der Waals surface area contributed by atoms with Crippen LogP contribution >= 0.6 is 11.3 Å². The number of nitrogens with one attached hydrogen (secondary N) is 1. The maximum Gasteiger partial charge on any atom is 0.251 e. The number of unbranched alkanes of at least 4 members (excludes halogenated alkanes) is 2. The fourth-order valence-corrected chi connectivity index (χ4v) is 6.05. The Kier molecular flexibility index (Phi) is 10.6. The van der Waals surface area contributed by atoms with E-state index < -0.39 is 0 Å². The molecule has 1 heterocycles. The van der Waals surface area contributed by atoms with Crippen molar-refractivity contribution in [1.82, 2.24) is 10.2 Å². The van der Waals surface area contributed by atoms with Crippen LogP contribution in [0.3, 0.4) is 0 Å². The molecule has 0 aliphatic heterocycles. The van der Waals surface area contributed by atoms with Crippen LogP contribution in [0.2, 0.25) is 0 Å². The summed E-state index contributed by atoms with van der Waals surface area (Å²) in [6.07, 6.45) is 5.47. The van der Waals surface area contributed by atoms with E-state index in [0.717, 1.165) is 85.5 Å². The molecule has 242 valence electrons. The third kappa shape index (κ3) is 7.83. The van der Waals surface area contributed by atoms with E-state index in [1.165, 1.54) is 24.2 Å². The van der Waals surface area contributed by atoms with Gasteiger partial charge in [-0.2, -0.15) is 5.11 Å². The zero-order valence-corrected chi connectivity index (χ0v) is 28.6. The molecule has 0 spiro atoms. The maximum absolute atomic E-state index is 4.71. The summed E-state index contributed by atoms with van der Waals surface area (Å²) in [5.74, 6) is 0. The first-order chi connectivity index (χ1) is 23.5. The predicted molar refractivity (Wildman–Crippen MR) is 198 cm³/mol. The second kappa shape index (κ2) is 15.6. The number of rotatable bonds is 13. The lowest BCUT2D eigenvalue weighted by atomic mass is 10.1. The summed E-state index contributed by atoms with van der Waals surface area (Å²) in [7, 11) is 0. The highest BCUT2D eigenvalue weighted by molar-refractivity contribution is 7.14. The molecule has 5 aromatic carbocycles. The van der Waals surface area contributed by atoms with Crippen molar-refractivity contribution in [2.75, 3.05) is 5.32 Å². The Balaban J connectivity index is 1.20. The SMILES string of the molecule is CCCCCc1nnc(N=Nc2ccc(N=Nc3ccc(N=Nc4ccc(NC(C)CC)c5ccccc45)c4ccccc34)cc2C)s1. The van der Waals surface area contributed by atoms with Crippen molar-refractivity contribution < 1.29 is 0 Å². The van der Waals surface area contributed by atoms with Crippen LogP contribution in [-0.2, 0) is 6.42 Å². The lowest BCUT2D eigenvalue weighted by Gasteiger charge is -2.15. The third-order valence-corrected chi connectivity index (χ3v) is 9.07. The summed E-state index contributed by atoms with van der Waals surface area (Å²) in [5, 5.41) is 45.0. The topological polar surface area (TPSA) is 112 Å². The van der Waals surface area contributed by atoms with E-state index in [-0.39, 0.29) is 0 Å². The Hall–Kier alpha value is -5.22. The molecular formula is C38H39N9S. The average molecular weight is 654 g/mol. The van der Waals surface area contributed by atoms with Crippen molar-refractivity contribution in [3.8, 4) is 0 Å². The van der Waals surface area contributed by atoms with Crippen molar-refractivity contribution in [3.63, 3.8) is 0 Å². The van der Waals surface area contributed by atoms with Crippen molar-refractivity contribution in [1.29, 1.82) is 0 Å². The highest BCUT2D eigenvalue weighted by atomic mass is 32.1. The number of benzene rings is 5. The third-order valence-electron chi connectivity index (χ3n) is 8.21. The number of nitrogens with zero attached hydrogens (tertiary/aromatic N) is 8. The van der Waals surface area contributed by atoms with Gasteiger partial charge in [0.25, 0.3) is 5.13 Å². The van der Waals surface area contributed by atoms with Gasteiger partial charge in [-0.1, -0.05) is 86.6 Å². The number of aromatic nitrogens is 2. The first-order valence-electron chi connectivity index (χ1n) is 16.5. The number of azo groups is 3. The summed E-state index contributed by atoms with van der Waals surface area (Å²) in [4.78, 5) is 0. The molecule has 1 aromatic heterocycles. The Labute approximate surface area is 285 Å². The van der Waals surface area contributed by atoms with Crippen LogP contribution in [-0.4, -0.2) is 16.2 Å². The van der Waals surface area contributed by atoms with Crippen LogP contribution < -0.4 is 5.32 Å². The smallest absolute Gasteiger partial charge is 0.251 e.